The van der Waals surface area contributed by atoms with Gasteiger partial charge in [0.1, 0.15) is 0 Å². The van der Waals surface area contributed by atoms with Gasteiger partial charge in [0, 0.05) is 36.9 Å². The van der Waals surface area contributed by atoms with Gasteiger partial charge in [0.05, 0.1) is 4.90 Å². The Labute approximate surface area is 166 Å². The minimum Gasteiger partial charge on any atom is -0.336 e. The number of amides is 1. The highest BCUT2D eigenvalue weighted by molar-refractivity contribution is 7.92. The van der Waals surface area contributed by atoms with E-state index in [-0.39, 0.29) is 29.3 Å². The maximum Gasteiger partial charge on any atom is 0.261 e. The zero-order valence-electron chi connectivity index (χ0n) is 15.3. The summed E-state index contributed by atoms with van der Waals surface area (Å²) in [6.45, 7) is 6.03. The molecule has 2 aromatic carbocycles. The molecule has 0 spiro atoms. The van der Waals surface area contributed by atoms with Crippen LogP contribution in [0.5, 0.6) is 0 Å². The van der Waals surface area contributed by atoms with Gasteiger partial charge in [-0.2, -0.15) is 0 Å². The fraction of sp³-hybridized carbons (Fsp3) is 0.316. The summed E-state index contributed by atoms with van der Waals surface area (Å²) >= 11 is 0. The summed E-state index contributed by atoms with van der Waals surface area (Å²) in [5.74, 6) is -0.0752. The first-order chi connectivity index (χ1) is 12.3. The van der Waals surface area contributed by atoms with Crippen molar-refractivity contribution in [3.05, 3.63) is 59.7 Å². The van der Waals surface area contributed by atoms with E-state index in [0.717, 1.165) is 12.1 Å². The van der Waals surface area contributed by atoms with Gasteiger partial charge >= 0.3 is 0 Å². The fourth-order valence-corrected chi connectivity index (χ4v) is 3.97. The summed E-state index contributed by atoms with van der Waals surface area (Å²) < 4.78 is 27.5. The molecule has 1 aliphatic rings. The third kappa shape index (κ3) is 5.22. The number of carbonyl (C=O) groups excluding carboxylic acids is 1. The summed E-state index contributed by atoms with van der Waals surface area (Å²) in [5.41, 5.74) is 2.05. The molecule has 2 aromatic rings. The molecule has 1 aliphatic heterocycles. The molecule has 0 bridgehead atoms. The van der Waals surface area contributed by atoms with E-state index in [2.05, 4.69) is 10.0 Å². The molecule has 0 radical (unpaired) electrons. The lowest BCUT2D eigenvalue weighted by molar-refractivity contribution is 0.0709. The Kier molecular flexibility index (Phi) is 6.86. The molecule has 1 amide bonds. The van der Waals surface area contributed by atoms with Crippen molar-refractivity contribution in [2.24, 2.45) is 0 Å². The summed E-state index contributed by atoms with van der Waals surface area (Å²) in [6.07, 6.45) is 0. The molecule has 1 saturated heterocycles. The Morgan fingerprint density at radius 2 is 1.74 bits per heavy atom. The van der Waals surface area contributed by atoms with Crippen LogP contribution < -0.4 is 10.0 Å². The lowest BCUT2D eigenvalue weighted by Gasteiger charge is -2.32. The average Bonchev–Trinajstić information content (AvgIpc) is 2.63. The topological polar surface area (TPSA) is 78.5 Å². The lowest BCUT2D eigenvalue weighted by Crippen LogP contribution is -2.51. The Morgan fingerprint density at radius 3 is 2.33 bits per heavy atom. The highest BCUT2D eigenvalue weighted by Crippen LogP contribution is 2.18. The molecule has 1 heterocycles. The second kappa shape index (κ2) is 8.73. The first kappa shape index (κ1) is 21.2. The molecule has 0 aliphatic carbocycles. The molecule has 1 atom stereocenters. The van der Waals surface area contributed by atoms with Crippen LogP contribution in [0.15, 0.2) is 53.4 Å². The van der Waals surface area contributed by atoms with E-state index in [1.807, 2.05) is 26.0 Å². The molecule has 3 rings (SSSR count). The van der Waals surface area contributed by atoms with Crippen molar-refractivity contribution in [2.45, 2.75) is 24.8 Å². The van der Waals surface area contributed by atoms with Gasteiger partial charge in [0.25, 0.3) is 15.9 Å². The second-order valence-electron chi connectivity index (χ2n) is 6.60. The van der Waals surface area contributed by atoms with Crippen LogP contribution in [0.4, 0.5) is 5.69 Å². The van der Waals surface area contributed by atoms with E-state index in [0.29, 0.717) is 24.3 Å². The Balaban J connectivity index is 0.00000261. The Hall–Kier alpha value is -2.09. The van der Waals surface area contributed by atoms with Crippen molar-refractivity contribution >= 4 is 34.0 Å². The second-order valence-corrected chi connectivity index (χ2v) is 8.28. The number of sulfonamides is 1. The number of aryl methyl sites for hydroxylation is 1. The molecular weight excluding hydrogens is 386 g/mol. The van der Waals surface area contributed by atoms with E-state index in [1.165, 1.54) is 12.1 Å². The van der Waals surface area contributed by atoms with Crippen molar-refractivity contribution in [2.75, 3.05) is 24.4 Å². The fourth-order valence-electron chi connectivity index (χ4n) is 2.91. The summed E-state index contributed by atoms with van der Waals surface area (Å²) in [6, 6.07) is 13.4. The standard InChI is InChI=1S/C19H23N3O3S.ClH/c1-14-3-7-17(8-4-14)21-26(24,25)18-9-5-16(6-10-18)19(23)22-12-11-20-15(2)13-22;/h3-10,15,20-21H,11-13H2,1-2H3;1H. The minimum atomic E-state index is -3.69. The van der Waals surface area contributed by atoms with Crippen molar-refractivity contribution in [1.82, 2.24) is 10.2 Å². The van der Waals surface area contributed by atoms with Gasteiger partial charge in [0.2, 0.25) is 0 Å². The highest BCUT2D eigenvalue weighted by Gasteiger charge is 2.22. The van der Waals surface area contributed by atoms with Crippen LogP contribution in [0, 0.1) is 6.92 Å². The lowest BCUT2D eigenvalue weighted by atomic mass is 10.1. The molecule has 6 nitrogen and oxygen atoms in total. The van der Waals surface area contributed by atoms with E-state index in [1.54, 1.807) is 29.2 Å². The zero-order chi connectivity index (χ0) is 18.7. The van der Waals surface area contributed by atoms with E-state index < -0.39 is 10.0 Å². The van der Waals surface area contributed by atoms with Gasteiger partial charge < -0.3 is 10.2 Å². The van der Waals surface area contributed by atoms with Gasteiger partial charge in [-0.15, -0.1) is 12.4 Å². The van der Waals surface area contributed by atoms with Crippen molar-refractivity contribution in [3.63, 3.8) is 0 Å². The van der Waals surface area contributed by atoms with Gasteiger partial charge in [-0.25, -0.2) is 8.42 Å². The quantitative estimate of drug-likeness (QED) is 0.813. The predicted octanol–water partition coefficient (Wildman–Crippen LogP) is 2.65. The van der Waals surface area contributed by atoms with Crippen LogP contribution >= 0.6 is 12.4 Å². The highest BCUT2D eigenvalue weighted by atomic mass is 35.5. The SMILES string of the molecule is Cc1ccc(NS(=O)(=O)c2ccc(C(=O)N3CCNC(C)C3)cc2)cc1.Cl. The molecule has 2 N–H and O–H groups in total. The number of benzene rings is 2. The monoisotopic (exact) mass is 409 g/mol. The number of carbonyl (C=O) groups is 1. The van der Waals surface area contributed by atoms with Crippen LogP contribution in [0.3, 0.4) is 0 Å². The van der Waals surface area contributed by atoms with Crippen molar-refractivity contribution in [1.29, 1.82) is 0 Å². The third-order valence-corrected chi connectivity index (χ3v) is 5.77. The average molecular weight is 410 g/mol. The van der Waals surface area contributed by atoms with E-state index in [9.17, 15) is 13.2 Å². The molecule has 1 unspecified atom stereocenters. The van der Waals surface area contributed by atoms with Crippen LogP contribution in [0.1, 0.15) is 22.8 Å². The number of anilines is 1. The van der Waals surface area contributed by atoms with Crippen LogP contribution in [0.25, 0.3) is 0 Å². The summed E-state index contributed by atoms with van der Waals surface area (Å²) in [4.78, 5) is 14.5. The first-order valence-electron chi connectivity index (χ1n) is 8.57. The zero-order valence-corrected chi connectivity index (χ0v) is 16.9. The van der Waals surface area contributed by atoms with Gasteiger partial charge in [-0.1, -0.05) is 17.7 Å². The van der Waals surface area contributed by atoms with Crippen molar-refractivity contribution < 1.29 is 13.2 Å². The Morgan fingerprint density at radius 1 is 1.11 bits per heavy atom. The van der Waals surface area contributed by atoms with Crippen molar-refractivity contribution in [3.8, 4) is 0 Å². The van der Waals surface area contributed by atoms with Gasteiger partial charge in [-0.05, 0) is 50.2 Å². The third-order valence-electron chi connectivity index (χ3n) is 4.37. The normalized spacial score (nSPS) is 17.1. The summed E-state index contributed by atoms with van der Waals surface area (Å²) in [7, 11) is -3.69. The van der Waals surface area contributed by atoms with Gasteiger partial charge in [-0.3, -0.25) is 9.52 Å². The molecule has 0 aromatic heterocycles. The number of halogens is 1. The molecule has 8 heteroatoms. The smallest absolute Gasteiger partial charge is 0.261 e. The molecule has 0 saturated carbocycles. The van der Waals surface area contributed by atoms with E-state index in [4.69, 9.17) is 0 Å². The number of nitrogens with zero attached hydrogens (tertiary/aromatic N) is 1. The van der Waals surface area contributed by atoms with Crippen LogP contribution in [-0.2, 0) is 10.0 Å². The maximum atomic E-state index is 12.6. The maximum absolute atomic E-state index is 12.6. The van der Waals surface area contributed by atoms with Crippen LogP contribution in [-0.4, -0.2) is 44.9 Å². The summed E-state index contributed by atoms with van der Waals surface area (Å²) in [5, 5.41) is 3.29. The number of hydrogen-bond acceptors (Lipinski definition) is 4. The first-order valence-corrected chi connectivity index (χ1v) is 10.1. The van der Waals surface area contributed by atoms with Crippen LogP contribution in [0.2, 0.25) is 0 Å². The Bertz CT molecular complexity index is 883. The largest absolute Gasteiger partial charge is 0.336 e. The molecule has 27 heavy (non-hydrogen) atoms. The van der Waals surface area contributed by atoms with E-state index >= 15 is 0 Å². The van der Waals surface area contributed by atoms with Gasteiger partial charge in [0.15, 0.2) is 0 Å². The number of piperazine rings is 1. The predicted molar refractivity (Wildman–Crippen MR) is 109 cm³/mol. The number of rotatable bonds is 4. The minimum absolute atomic E-state index is 0. The molecular formula is C19H24ClN3O3S. The number of hydrogen-bond donors (Lipinski definition) is 2. The number of nitrogens with one attached hydrogen (secondary N) is 2. The molecule has 1 fully saturated rings. The molecule has 146 valence electrons.